The first-order chi connectivity index (χ1) is 9.31. The second-order valence-electron chi connectivity index (χ2n) is 3.61. The summed E-state index contributed by atoms with van der Waals surface area (Å²) in [5.41, 5.74) is 0.328. The average molecular weight is 259 g/mol. The minimum atomic E-state index is -0.393. The van der Waals surface area contributed by atoms with E-state index in [4.69, 9.17) is 5.11 Å². The summed E-state index contributed by atoms with van der Waals surface area (Å²) in [6.07, 6.45) is 1.27. The van der Waals surface area contributed by atoms with Crippen LogP contribution in [0.4, 0.5) is 17.2 Å². The lowest BCUT2D eigenvalue weighted by molar-refractivity contribution is 0.311. The molecule has 2 aromatic rings. The normalized spacial score (nSPS) is 10.8. The van der Waals surface area contributed by atoms with Crippen molar-refractivity contribution in [3.63, 3.8) is 0 Å². The monoisotopic (exact) mass is 259 g/mol. The third-order valence-corrected chi connectivity index (χ3v) is 2.25. The van der Waals surface area contributed by atoms with Crippen LogP contribution >= 0.6 is 0 Å². The molecule has 7 heteroatoms. The van der Waals surface area contributed by atoms with Crippen LogP contribution in [0, 0.1) is 0 Å². The summed E-state index contributed by atoms with van der Waals surface area (Å²) in [6, 6.07) is 9.06. The lowest BCUT2D eigenvalue weighted by Gasteiger charge is -2.04. The third-order valence-electron chi connectivity index (χ3n) is 2.25. The second kappa shape index (κ2) is 6.41. The predicted octanol–water partition coefficient (Wildman–Crippen LogP) is 1.59. The number of aromatic nitrogens is 2. The Balaban J connectivity index is 2.28. The van der Waals surface area contributed by atoms with Gasteiger partial charge in [0.05, 0.1) is 18.6 Å². The zero-order chi connectivity index (χ0) is 13.5. The van der Waals surface area contributed by atoms with Gasteiger partial charge in [0.1, 0.15) is 0 Å². The van der Waals surface area contributed by atoms with Crippen LogP contribution in [0.5, 0.6) is 0 Å². The standard InChI is InChI=1S/C12H13N5O2/c18-7-6-13-11-10(12(19)15-8-14-11)17-16-9-4-2-1-3-5-9/h1-5,8,18H,6-7H2,(H2,13,14,15,19). The van der Waals surface area contributed by atoms with E-state index < -0.39 is 5.56 Å². The molecule has 0 bridgehead atoms. The van der Waals surface area contributed by atoms with E-state index in [0.29, 0.717) is 5.69 Å². The smallest absolute Gasteiger partial charge is 0.280 e. The second-order valence-corrected chi connectivity index (χ2v) is 3.61. The van der Waals surface area contributed by atoms with Crippen molar-refractivity contribution in [3.05, 3.63) is 47.0 Å². The van der Waals surface area contributed by atoms with Gasteiger partial charge in [-0.05, 0) is 12.1 Å². The minimum absolute atomic E-state index is 0.0657. The van der Waals surface area contributed by atoms with Gasteiger partial charge in [0.25, 0.3) is 5.56 Å². The molecule has 0 unspecified atom stereocenters. The number of anilines is 1. The quantitative estimate of drug-likeness (QED) is 0.709. The van der Waals surface area contributed by atoms with Gasteiger partial charge in [-0.2, -0.15) is 5.11 Å². The summed E-state index contributed by atoms with van der Waals surface area (Å²) in [5, 5.41) is 19.4. The highest BCUT2D eigenvalue weighted by atomic mass is 16.3. The molecule has 1 heterocycles. The fourth-order valence-electron chi connectivity index (χ4n) is 1.39. The lowest BCUT2D eigenvalue weighted by Crippen LogP contribution is -2.13. The highest BCUT2D eigenvalue weighted by molar-refractivity contribution is 5.58. The maximum atomic E-state index is 11.7. The predicted molar refractivity (Wildman–Crippen MR) is 71.1 cm³/mol. The van der Waals surface area contributed by atoms with Crippen molar-refractivity contribution in [1.29, 1.82) is 0 Å². The maximum absolute atomic E-state index is 11.7. The Labute approximate surface area is 109 Å². The van der Waals surface area contributed by atoms with Crippen LogP contribution in [0.15, 0.2) is 51.7 Å². The van der Waals surface area contributed by atoms with Gasteiger partial charge < -0.3 is 15.4 Å². The fourth-order valence-corrected chi connectivity index (χ4v) is 1.39. The van der Waals surface area contributed by atoms with Crippen LogP contribution in [0.3, 0.4) is 0 Å². The highest BCUT2D eigenvalue weighted by Crippen LogP contribution is 2.19. The Morgan fingerprint density at radius 2 is 2.05 bits per heavy atom. The molecule has 0 radical (unpaired) electrons. The first kappa shape index (κ1) is 12.9. The van der Waals surface area contributed by atoms with Crippen molar-refractivity contribution in [2.75, 3.05) is 18.5 Å². The van der Waals surface area contributed by atoms with Gasteiger partial charge in [0.2, 0.25) is 0 Å². The lowest BCUT2D eigenvalue weighted by atomic mass is 10.3. The first-order valence-electron chi connectivity index (χ1n) is 5.70. The zero-order valence-corrected chi connectivity index (χ0v) is 10.1. The summed E-state index contributed by atoms with van der Waals surface area (Å²) in [7, 11) is 0. The van der Waals surface area contributed by atoms with Crippen molar-refractivity contribution >= 4 is 17.2 Å². The van der Waals surface area contributed by atoms with Gasteiger partial charge in [-0.15, -0.1) is 5.11 Å². The number of aliphatic hydroxyl groups is 1. The van der Waals surface area contributed by atoms with E-state index >= 15 is 0 Å². The molecule has 19 heavy (non-hydrogen) atoms. The molecule has 0 spiro atoms. The number of nitrogens with one attached hydrogen (secondary N) is 2. The maximum Gasteiger partial charge on any atom is 0.280 e. The van der Waals surface area contributed by atoms with E-state index in [9.17, 15) is 4.79 Å². The van der Waals surface area contributed by atoms with Crippen LogP contribution in [-0.4, -0.2) is 28.2 Å². The molecule has 1 aromatic carbocycles. The van der Waals surface area contributed by atoms with E-state index in [1.54, 1.807) is 12.1 Å². The third kappa shape index (κ3) is 3.46. The van der Waals surface area contributed by atoms with Crippen LogP contribution in [-0.2, 0) is 0 Å². The molecule has 0 atom stereocenters. The van der Waals surface area contributed by atoms with E-state index in [0.717, 1.165) is 0 Å². The Morgan fingerprint density at radius 1 is 1.26 bits per heavy atom. The average Bonchev–Trinajstić information content (AvgIpc) is 2.45. The van der Waals surface area contributed by atoms with E-state index in [2.05, 4.69) is 25.5 Å². The van der Waals surface area contributed by atoms with Crippen molar-refractivity contribution < 1.29 is 5.11 Å². The molecule has 98 valence electrons. The Hall–Kier alpha value is -2.54. The number of aliphatic hydroxyl groups excluding tert-OH is 1. The highest BCUT2D eigenvalue weighted by Gasteiger charge is 2.07. The number of hydrogen-bond acceptors (Lipinski definition) is 6. The number of rotatable bonds is 5. The first-order valence-corrected chi connectivity index (χ1v) is 5.70. The van der Waals surface area contributed by atoms with Crippen LogP contribution in [0.2, 0.25) is 0 Å². The minimum Gasteiger partial charge on any atom is -0.395 e. The van der Waals surface area contributed by atoms with Crippen molar-refractivity contribution in [2.45, 2.75) is 0 Å². The summed E-state index contributed by atoms with van der Waals surface area (Å²) in [5.74, 6) is 0.289. The number of nitrogens with zero attached hydrogens (tertiary/aromatic N) is 3. The topological polar surface area (TPSA) is 103 Å². The number of hydrogen-bond donors (Lipinski definition) is 3. The van der Waals surface area contributed by atoms with E-state index in [1.807, 2.05) is 18.2 Å². The van der Waals surface area contributed by atoms with Gasteiger partial charge in [-0.25, -0.2) is 4.98 Å². The summed E-state index contributed by atoms with van der Waals surface area (Å²) in [4.78, 5) is 18.1. The molecular formula is C12H13N5O2. The number of aromatic amines is 1. The molecule has 0 saturated carbocycles. The summed E-state index contributed by atoms with van der Waals surface area (Å²) < 4.78 is 0. The summed E-state index contributed by atoms with van der Waals surface area (Å²) >= 11 is 0. The molecule has 0 aliphatic rings. The SMILES string of the molecule is O=c1[nH]cnc(NCCO)c1N=Nc1ccccc1. The van der Waals surface area contributed by atoms with Crippen LogP contribution in [0.25, 0.3) is 0 Å². The molecule has 2 rings (SSSR count). The van der Waals surface area contributed by atoms with Gasteiger partial charge in [0.15, 0.2) is 11.5 Å². The Bertz CT molecular complexity index is 609. The molecule has 0 aliphatic heterocycles. The van der Waals surface area contributed by atoms with E-state index in [-0.39, 0.29) is 24.7 Å². The number of benzene rings is 1. The van der Waals surface area contributed by atoms with Crippen molar-refractivity contribution in [3.8, 4) is 0 Å². The molecule has 3 N–H and O–H groups in total. The van der Waals surface area contributed by atoms with Crippen molar-refractivity contribution in [2.24, 2.45) is 10.2 Å². The zero-order valence-electron chi connectivity index (χ0n) is 10.1. The van der Waals surface area contributed by atoms with Gasteiger partial charge >= 0.3 is 0 Å². The van der Waals surface area contributed by atoms with Gasteiger partial charge in [-0.1, -0.05) is 18.2 Å². The molecule has 0 saturated heterocycles. The molecule has 0 fully saturated rings. The molecule has 1 aromatic heterocycles. The Morgan fingerprint density at radius 3 is 2.79 bits per heavy atom. The summed E-state index contributed by atoms with van der Waals surface area (Å²) in [6.45, 7) is 0.216. The molecule has 7 nitrogen and oxygen atoms in total. The number of azo groups is 1. The van der Waals surface area contributed by atoms with E-state index in [1.165, 1.54) is 6.33 Å². The van der Waals surface area contributed by atoms with Gasteiger partial charge in [0, 0.05) is 6.54 Å². The van der Waals surface area contributed by atoms with Crippen molar-refractivity contribution in [1.82, 2.24) is 9.97 Å². The molecule has 0 aliphatic carbocycles. The largest absolute Gasteiger partial charge is 0.395 e. The molecule has 0 amide bonds. The van der Waals surface area contributed by atoms with Gasteiger partial charge in [-0.3, -0.25) is 4.79 Å². The van der Waals surface area contributed by atoms with Crippen LogP contribution < -0.4 is 10.9 Å². The molecular weight excluding hydrogens is 246 g/mol. The Kier molecular flexibility index (Phi) is 4.35. The van der Waals surface area contributed by atoms with Crippen LogP contribution in [0.1, 0.15) is 0 Å². The number of H-pyrrole nitrogens is 1. The fraction of sp³-hybridized carbons (Fsp3) is 0.167.